The molecule has 2 aromatic heterocycles. The third-order valence-corrected chi connectivity index (χ3v) is 4.75. The van der Waals surface area contributed by atoms with Crippen LogP contribution in [0.4, 0.5) is 0 Å². The van der Waals surface area contributed by atoms with E-state index in [4.69, 9.17) is 4.74 Å². The van der Waals surface area contributed by atoms with E-state index in [1.165, 1.54) is 10.9 Å². The molecule has 0 saturated carbocycles. The molecule has 0 aromatic carbocycles. The van der Waals surface area contributed by atoms with Crippen molar-refractivity contribution >= 4 is 16.9 Å². The number of rotatable bonds is 6. The monoisotopic (exact) mass is 330 g/mol. The molecule has 6 heteroatoms. The minimum Gasteiger partial charge on any atom is -0.375 e. The number of ether oxygens (including phenoxy) is 1. The highest BCUT2D eigenvalue weighted by Gasteiger charge is 2.21. The number of carbonyl (C=O) groups excluding carboxylic acids is 1. The zero-order valence-electron chi connectivity index (χ0n) is 14.6. The van der Waals surface area contributed by atoms with Crippen molar-refractivity contribution in [2.45, 2.75) is 19.9 Å². The Bertz CT molecular complexity index is 689. The second-order valence-corrected chi connectivity index (χ2v) is 6.22. The first-order chi connectivity index (χ1) is 11.7. The van der Waals surface area contributed by atoms with Gasteiger partial charge in [0.05, 0.1) is 0 Å². The predicted molar refractivity (Wildman–Crippen MR) is 94.0 cm³/mol. The molecular formula is C18H26N4O2. The van der Waals surface area contributed by atoms with Crippen molar-refractivity contribution < 1.29 is 9.53 Å². The van der Waals surface area contributed by atoms with Crippen LogP contribution >= 0.6 is 0 Å². The largest absolute Gasteiger partial charge is 0.375 e. The third kappa shape index (κ3) is 3.60. The van der Waals surface area contributed by atoms with E-state index < -0.39 is 0 Å². The molecule has 1 aliphatic heterocycles. The summed E-state index contributed by atoms with van der Waals surface area (Å²) in [6, 6.07) is 4.16. The molecule has 0 N–H and O–H groups in total. The standard InChI is InChI=1S/C18H26N4O2/c1-3-21-13-15(16-5-4-7-19-18(16)21)6-8-20-9-11-22(12-10-20)17(23)14-24-2/h4-5,7,13H,3,6,8-12,14H2,1-2H3. The zero-order valence-corrected chi connectivity index (χ0v) is 14.6. The molecule has 6 nitrogen and oxygen atoms in total. The van der Waals surface area contributed by atoms with Crippen LogP contribution in [0.5, 0.6) is 0 Å². The summed E-state index contributed by atoms with van der Waals surface area (Å²) in [6.07, 6.45) is 5.10. The number of hydrogen-bond donors (Lipinski definition) is 0. The Morgan fingerprint density at radius 1 is 1.29 bits per heavy atom. The van der Waals surface area contributed by atoms with Crippen LogP contribution in [-0.4, -0.2) is 71.7 Å². The van der Waals surface area contributed by atoms with E-state index in [1.54, 1.807) is 7.11 Å². The van der Waals surface area contributed by atoms with Crippen molar-refractivity contribution in [3.05, 3.63) is 30.1 Å². The van der Waals surface area contributed by atoms with E-state index in [2.05, 4.69) is 33.6 Å². The summed E-state index contributed by atoms with van der Waals surface area (Å²) < 4.78 is 7.14. The van der Waals surface area contributed by atoms with Gasteiger partial charge in [0.1, 0.15) is 12.3 Å². The van der Waals surface area contributed by atoms with Crippen LogP contribution in [0, 0.1) is 0 Å². The molecule has 0 atom stereocenters. The molecule has 3 heterocycles. The van der Waals surface area contributed by atoms with Gasteiger partial charge in [0.25, 0.3) is 0 Å². The fourth-order valence-electron chi connectivity index (χ4n) is 3.35. The lowest BCUT2D eigenvalue weighted by Gasteiger charge is -2.34. The molecule has 0 aliphatic carbocycles. The summed E-state index contributed by atoms with van der Waals surface area (Å²) in [6.45, 7) is 7.73. The van der Waals surface area contributed by atoms with Gasteiger partial charge in [-0.15, -0.1) is 0 Å². The normalized spacial score (nSPS) is 16.0. The van der Waals surface area contributed by atoms with Gasteiger partial charge in [-0.3, -0.25) is 9.69 Å². The van der Waals surface area contributed by atoms with Gasteiger partial charge in [-0.05, 0) is 31.0 Å². The maximum absolute atomic E-state index is 11.8. The van der Waals surface area contributed by atoms with Gasteiger partial charge in [0.2, 0.25) is 5.91 Å². The fourth-order valence-corrected chi connectivity index (χ4v) is 3.35. The third-order valence-electron chi connectivity index (χ3n) is 4.75. The van der Waals surface area contributed by atoms with Gasteiger partial charge in [-0.1, -0.05) is 0 Å². The van der Waals surface area contributed by atoms with Gasteiger partial charge >= 0.3 is 0 Å². The molecule has 0 radical (unpaired) electrons. The smallest absolute Gasteiger partial charge is 0.248 e. The second-order valence-electron chi connectivity index (χ2n) is 6.22. The molecule has 1 saturated heterocycles. The van der Waals surface area contributed by atoms with E-state index in [-0.39, 0.29) is 12.5 Å². The van der Waals surface area contributed by atoms with Gasteiger partial charge < -0.3 is 14.2 Å². The highest BCUT2D eigenvalue weighted by molar-refractivity contribution is 5.80. The van der Waals surface area contributed by atoms with E-state index >= 15 is 0 Å². The van der Waals surface area contributed by atoms with Crippen molar-refractivity contribution in [3.63, 3.8) is 0 Å². The van der Waals surface area contributed by atoms with E-state index in [1.807, 2.05) is 17.2 Å². The van der Waals surface area contributed by atoms with Crippen molar-refractivity contribution in [2.24, 2.45) is 0 Å². The molecule has 0 bridgehead atoms. The van der Waals surface area contributed by atoms with Crippen LogP contribution in [0.1, 0.15) is 12.5 Å². The Morgan fingerprint density at radius 2 is 2.08 bits per heavy atom. The molecular weight excluding hydrogens is 304 g/mol. The molecule has 1 amide bonds. The molecule has 2 aromatic rings. The summed E-state index contributed by atoms with van der Waals surface area (Å²) in [5.74, 6) is 0.0919. The molecule has 130 valence electrons. The Morgan fingerprint density at radius 3 is 2.79 bits per heavy atom. The van der Waals surface area contributed by atoms with Crippen LogP contribution in [0.2, 0.25) is 0 Å². The molecule has 1 fully saturated rings. The fraction of sp³-hybridized carbons (Fsp3) is 0.556. The van der Waals surface area contributed by atoms with Crippen molar-refractivity contribution in [3.8, 4) is 0 Å². The number of nitrogens with zero attached hydrogens (tertiary/aromatic N) is 4. The first kappa shape index (κ1) is 16.9. The lowest BCUT2D eigenvalue weighted by atomic mass is 10.1. The van der Waals surface area contributed by atoms with Crippen molar-refractivity contribution in [2.75, 3.05) is 46.4 Å². The van der Waals surface area contributed by atoms with Gasteiger partial charge in [0, 0.05) is 64.2 Å². The van der Waals surface area contributed by atoms with Crippen LogP contribution < -0.4 is 0 Å². The Balaban J connectivity index is 1.57. The number of amides is 1. The quantitative estimate of drug-likeness (QED) is 0.803. The van der Waals surface area contributed by atoms with Crippen LogP contribution in [0.3, 0.4) is 0 Å². The van der Waals surface area contributed by atoms with E-state index in [0.717, 1.165) is 51.3 Å². The number of methoxy groups -OCH3 is 1. The molecule has 24 heavy (non-hydrogen) atoms. The van der Waals surface area contributed by atoms with Gasteiger partial charge in [-0.2, -0.15) is 0 Å². The van der Waals surface area contributed by atoms with Crippen molar-refractivity contribution in [1.29, 1.82) is 0 Å². The minimum absolute atomic E-state index is 0.0919. The maximum Gasteiger partial charge on any atom is 0.248 e. The number of hydrogen-bond acceptors (Lipinski definition) is 4. The first-order valence-electron chi connectivity index (χ1n) is 8.64. The molecule has 1 aliphatic rings. The van der Waals surface area contributed by atoms with E-state index in [0.29, 0.717) is 0 Å². The summed E-state index contributed by atoms with van der Waals surface area (Å²) in [4.78, 5) is 20.7. The van der Waals surface area contributed by atoms with Crippen LogP contribution in [-0.2, 0) is 22.5 Å². The summed E-state index contributed by atoms with van der Waals surface area (Å²) in [7, 11) is 1.57. The summed E-state index contributed by atoms with van der Waals surface area (Å²) in [5.41, 5.74) is 2.43. The predicted octanol–water partition coefficient (Wildman–Crippen LogP) is 1.39. The molecule has 0 spiro atoms. The van der Waals surface area contributed by atoms with Gasteiger partial charge in [-0.25, -0.2) is 4.98 Å². The highest BCUT2D eigenvalue weighted by Crippen LogP contribution is 2.20. The summed E-state index contributed by atoms with van der Waals surface area (Å²) >= 11 is 0. The second kappa shape index (κ2) is 7.77. The van der Waals surface area contributed by atoms with Gasteiger partial charge in [0.15, 0.2) is 0 Å². The topological polar surface area (TPSA) is 50.6 Å². The van der Waals surface area contributed by atoms with Crippen molar-refractivity contribution in [1.82, 2.24) is 19.4 Å². The maximum atomic E-state index is 11.8. The first-order valence-corrected chi connectivity index (χ1v) is 8.64. The average molecular weight is 330 g/mol. The summed E-state index contributed by atoms with van der Waals surface area (Å²) in [5, 5.41) is 1.26. The van der Waals surface area contributed by atoms with E-state index in [9.17, 15) is 4.79 Å². The average Bonchev–Trinajstić information content (AvgIpc) is 2.99. The molecule has 0 unspecified atom stereocenters. The minimum atomic E-state index is 0.0919. The Kier molecular flexibility index (Phi) is 5.48. The lowest BCUT2D eigenvalue weighted by Crippen LogP contribution is -2.50. The number of aromatic nitrogens is 2. The van der Waals surface area contributed by atoms with Crippen LogP contribution in [0.25, 0.3) is 11.0 Å². The number of aryl methyl sites for hydroxylation is 1. The number of fused-ring (bicyclic) bond motifs is 1. The Labute approximate surface area is 143 Å². The van der Waals surface area contributed by atoms with Crippen LogP contribution in [0.15, 0.2) is 24.5 Å². The Hall–Kier alpha value is -1.92. The SMILES string of the molecule is CCn1cc(CCN2CCN(C(=O)COC)CC2)c2cccnc21. The number of piperazine rings is 1. The zero-order chi connectivity index (χ0) is 16.9. The lowest BCUT2D eigenvalue weighted by molar-refractivity contribution is -0.136. The number of pyridine rings is 1. The molecule has 3 rings (SSSR count). The highest BCUT2D eigenvalue weighted by atomic mass is 16.5. The number of carbonyl (C=O) groups is 1.